The summed E-state index contributed by atoms with van der Waals surface area (Å²) in [6.07, 6.45) is 5.03. The lowest BCUT2D eigenvalue weighted by Gasteiger charge is -2.39. The molecule has 2 heterocycles. The molecule has 1 aliphatic carbocycles. The molecule has 0 spiro atoms. The fraction of sp³-hybridized carbons (Fsp3) is 0.303. The summed E-state index contributed by atoms with van der Waals surface area (Å²) >= 11 is 1.36. The second-order valence-electron chi connectivity index (χ2n) is 10.7. The number of carbonyl (C=O) groups is 2. The minimum absolute atomic E-state index is 0.118. The molecule has 3 aromatic carbocycles. The standard InChI is InChI=1S/C33H32FN3O3S/c34-26-12-6-7-22(17-26)19-35-32(38)29-21-41-30(36-29)20-40-27-14-13-23-15-16-37(33(39)25-10-4-5-11-25)31(28(23)18-27)24-8-2-1-3-9-24/h1-3,6-9,12-14,17-18,21,25,31H,4-5,10-11,15-16,19-20H2,(H,35,38)/t31-/m0/s1. The van der Waals surface area contributed by atoms with E-state index in [2.05, 4.69) is 39.5 Å². The number of nitrogens with one attached hydrogen (secondary N) is 1. The van der Waals surface area contributed by atoms with Gasteiger partial charge in [0.15, 0.2) is 0 Å². The zero-order valence-electron chi connectivity index (χ0n) is 22.7. The van der Waals surface area contributed by atoms with Gasteiger partial charge in [-0.3, -0.25) is 9.59 Å². The largest absolute Gasteiger partial charge is 0.486 e. The lowest BCUT2D eigenvalue weighted by atomic mass is 9.87. The normalized spacial score (nSPS) is 16.8. The summed E-state index contributed by atoms with van der Waals surface area (Å²) in [5.41, 5.74) is 4.42. The van der Waals surface area contributed by atoms with Crippen LogP contribution in [0.15, 0.2) is 78.2 Å². The van der Waals surface area contributed by atoms with Gasteiger partial charge in [-0.25, -0.2) is 9.37 Å². The molecule has 1 fully saturated rings. The first kappa shape index (κ1) is 27.1. The Bertz CT molecular complexity index is 1530. The Morgan fingerprint density at radius 3 is 2.66 bits per heavy atom. The molecule has 1 N–H and O–H groups in total. The highest BCUT2D eigenvalue weighted by atomic mass is 32.1. The number of rotatable bonds is 8. The van der Waals surface area contributed by atoms with Gasteiger partial charge in [0.25, 0.3) is 5.91 Å². The number of hydrogen-bond acceptors (Lipinski definition) is 5. The molecule has 6 rings (SSSR count). The highest BCUT2D eigenvalue weighted by Gasteiger charge is 2.36. The van der Waals surface area contributed by atoms with Crippen LogP contribution in [0.5, 0.6) is 5.75 Å². The van der Waals surface area contributed by atoms with Crippen molar-refractivity contribution >= 4 is 23.2 Å². The third-order valence-electron chi connectivity index (χ3n) is 7.94. The van der Waals surface area contributed by atoms with Gasteiger partial charge in [0.05, 0.1) is 6.04 Å². The summed E-state index contributed by atoms with van der Waals surface area (Å²) in [7, 11) is 0. The molecular formula is C33H32FN3O3S. The number of amides is 2. The zero-order valence-corrected chi connectivity index (χ0v) is 23.5. The van der Waals surface area contributed by atoms with Crippen molar-refractivity contribution in [2.45, 2.75) is 51.3 Å². The quantitative estimate of drug-likeness (QED) is 0.265. The van der Waals surface area contributed by atoms with Crippen molar-refractivity contribution < 1.29 is 18.7 Å². The average Bonchev–Trinajstić information content (AvgIpc) is 3.71. The first-order valence-electron chi connectivity index (χ1n) is 14.1. The molecule has 0 unspecified atom stereocenters. The van der Waals surface area contributed by atoms with Crippen molar-refractivity contribution in [2.75, 3.05) is 6.54 Å². The van der Waals surface area contributed by atoms with Crippen LogP contribution in [0.1, 0.15) is 69.5 Å². The van der Waals surface area contributed by atoms with Gasteiger partial charge in [-0.2, -0.15) is 0 Å². The van der Waals surface area contributed by atoms with Crippen molar-refractivity contribution in [3.05, 3.63) is 117 Å². The first-order valence-corrected chi connectivity index (χ1v) is 15.0. The molecule has 0 bridgehead atoms. The van der Waals surface area contributed by atoms with Crippen molar-refractivity contribution in [3.63, 3.8) is 0 Å². The first-order chi connectivity index (χ1) is 20.0. The van der Waals surface area contributed by atoms with Gasteiger partial charge in [0.1, 0.15) is 28.9 Å². The van der Waals surface area contributed by atoms with Crippen LogP contribution >= 0.6 is 11.3 Å². The molecule has 1 saturated carbocycles. The third-order valence-corrected chi connectivity index (χ3v) is 8.76. The van der Waals surface area contributed by atoms with Gasteiger partial charge < -0.3 is 15.0 Å². The number of carbonyl (C=O) groups excluding carboxylic acids is 2. The van der Waals surface area contributed by atoms with Gasteiger partial charge in [0.2, 0.25) is 5.91 Å². The Balaban J connectivity index is 1.15. The van der Waals surface area contributed by atoms with Gasteiger partial charge in [-0.1, -0.05) is 61.4 Å². The second-order valence-corrected chi connectivity index (χ2v) is 11.6. The molecule has 210 valence electrons. The highest BCUT2D eigenvalue weighted by Crippen LogP contribution is 2.39. The maximum absolute atomic E-state index is 13.6. The smallest absolute Gasteiger partial charge is 0.271 e. The van der Waals surface area contributed by atoms with E-state index >= 15 is 0 Å². The third kappa shape index (κ3) is 6.17. The maximum atomic E-state index is 13.6. The number of fused-ring (bicyclic) bond motifs is 1. The van der Waals surface area contributed by atoms with Crippen LogP contribution in [0, 0.1) is 11.7 Å². The van der Waals surface area contributed by atoms with E-state index in [1.54, 1.807) is 17.5 Å². The summed E-state index contributed by atoms with van der Waals surface area (Å²) in [6, 6.07) is 22.4. The molecule has 6 nitrogen and oxygen atoms in total. The summed E-state index contributed by atoms with van der Waals surface area (Å²) in [5, 5.41) is 5.16. The Morgan fingerprint density at radius 1 is 1.02 bits per heavy atom. The molecule has 41 heavy (non-hydrogen) atoms. The van der Waals surface area contributed by atoms with Crippen LogP contribution in [-0.4, -0.2) is 28.2 Å². The van der Waals surface area contributed by atoms with Gasteiger partial charge >= 0.3 is 0 Å². The highest BCUT2D eigenvalue weighted by molar-refractivity contribution is 7.09. The summed E-state index contributed by atoms with van der Waals surface area (Å²) < 4.78 is 19.6. The van der Waals surface area contributed by atoms with E-state index in [1.807, 2.05) is 24.3 Å². The van der Waals surface area contributed by atoms with Crippen LogP contribution in [0.2, 0.25) is 0 Å². The zero-order chi connectivity index (χ0) is 28.2. The molecule has 0 saturated heterocycles. The van der Waals surface area contributed by atoms with E-state index in [0.717, 1.165) is 43.2 Å². The summed E-state index contributed by atoms with van der Waals surface area (Å²) in [4.78, 5) is 32.7. The van der Waals surface area contributed by atoms with Crippen molar-refractivity contribution in [2.24, 2.45) is 5.92 Å². The molecule has 8 heteroatoms. The van der Waals surface area contributed by atoms with Gasteiger partial charge in [-0.15, -0.1) is 11.3 Å². The predicted molar refractivity (Wildman–Crippen MR) is 156 cm³/mol. The Kier molecular flexibility index (Phi) is 8.09. The number of aromatic nitrogens is 1. The van der Waals surface area contributed by atoms with E-state index in [1.165, 1.54) is 29.0 Å². The maximum Gasteiger partial charge on any atom is 0.271 e. The van der Waals surface area contributed by atoms with E-state index in [-0.39, 0.29) is 42.7 Å². The molecule has 2 aliphatic rings. The average molecular weight is 570 g/mol. The molecule has 0 radical (unpaired) electrons. The minimum atomic E-state index is -0.338. The van der Waals surface area contributed by atoms with Crippen molar-refractivity contribution in [1.29, 1.82) is 0 Å². The van der Waals surface area contributed by atoms with Crippen molar-refractivity contribution in [3.8, 4) is 5.75 Å². The Morgan fingerprint density at radius 2 is 1.85 bits per heavy atom. The van der Waals surface area contributed by atoms with Gasteiger partial charge in [0, 0.05) is 24.4 Å². The number of ether oxygens (including phenoxy) is 1. The lowest BCUT2D eigenvalue weighted by Crippen LogP contribution is -2.43. The second kappa shape index (κ2) is 12.2. The fourth-order valence-corrected chi connectivity index (χ4v) is 6.55. The van der Waals surface area contributed by atoms with Crippen LogP contribution in [0.4, 0.5) is 4.39 Å². The SMILES string of the molecule is O=C(NCc1cccc(F)c1)c1csc(COc2ccc3c(c2)[C@H](c2ccccc2)N(C(=O)C2CCCC2)CC3)n1. The van der Waals surface area contributed by atoms with Crippen LogP contribution in [-0.2, 0) is 24.4 Å². The molecule has 2 amide bonds. The number of nitrogens with zero attached hydrogens (tertiary/aromatic N) is 2. The van der Waals surface area contributed by atoms with Gasteiger partial charge in [-0.05, 0) is 65.8 Å². The summed E-state index contributed by atoms with van der Waals surface area (Å²) in [5.74, 6) is 0.428. The number of benzene rings is 3. The van der Waals surface area contributed by atoms with E-state index in [4.69, 9.17) is 4.74 Å². The Labute approximate surface area is 243 Å². The van der Waals surface area contributed by atoms with Crippen LogP contribution in [0.3, 0.4) is 0 Å². The lowest BCUT2D eigenvalue weighted by molar-refractivity contribution is -0.137. The fourth-order valence-electron chi connectivity index (χ4n) is 5.87. The molecule has 1 atom stereocenters. The van der Waals surface area contributed by atoms with E-state index < -0.39 is 0 Å². The molecular weight excluding hydrogens is 537 g/mol. The molecule has 4 aromatic rings. The molecule has 1 aromatic heterocycles. The predicted octanol–water partition coefficient (Wildman–Crippen LogP) is 6.46. The summed E-state index contributed by atoms with van der Waals surface area (Å²) in [6.45, 7) is 1.16. The van der Waals surface area contributed by atoms with E-state index in [9.17, 15) is 14.0 Å². The molecule has 1 aliphatic heterocycles. The van der Waals surface area contributed by atoms with Crippen LogP contribution in [0.25, 0.3) is 0 Å². The Hall–Kier alpha value is -4.04. The van der Waals surface area contributed by atoms with Crippen molar-refractivity contribution in [1.82, 2.24) is 15.2 Å². The number of halogens is 1. The number of thiazole rings is 1. The topological polar surface area (TPSA) is 71.5 Å². The number of hydrogen-bond donors (Lipinski definition) is 1. The monoisotopic (exact) mass is 569 g/mol. The van der Waals surface area contributed by atoms with E-state index in [0.29, 0.717) is 28.6 Å². The minimum Gasteiger partial charge on any atom is -0.486 e. The van der Waals surface area contributed by atoms with Crippen LogP contribution < -0.4 is 10.1 Å².